The van der Waals surface area contributed by atoms with Crippen LogP contribution >= 0.6 is 11.6 Å². The van der Waals surface area contributed by atoms with Crippen LogP contribution in [0.5, 0.6) is 0 Å². The van der Waals surface area contributed by atoms with Crippen molar-refractivity contribution in [3.8, 4) is 0 Å². The molecule has 108 valence electrons. The molecular weight excluding hydrogens is 284 g/mol. The Hall–Kier alpha value is -1.66. The monoisotopic (exact) mass is 298 g/mol. The first-order chi connectivity index (χ1) is 9.50. The van der Waals surface area contributed by atoms with Gasteiger partial charge in [-0.25, -0.2) is 0 Å². The van der Waals surface area contributed by atoms with E-state index in [0.717, 1.165) is 12.8 Å². The quantitative estimate of drug-likeness (QED) is 0.635. The smallest absolute Gasteiger partial charge is 0.288 e. The van der Waals surface area contributed by atoms with Gasteiger partial charge in [0.25, 0.3) is 11.6 Å². The molecule has 2 rings (SSSR count). The van der Waals surface area contributed by atoms with Gasteiger partial charge in [-0.2, -0.15) is 0 Å². The maximum atomic E-state index is 12.3. The van der Waals surface area contributed by atoms with Gasteiger partial charge in [0.2, 0.25) is 0 Å². The molecule has 1 aliphatic rings. The molecule has 6 nitrogen and oxygen atoms in total. The second kappa shape index (κ2) is 6.19. The van der Waals surface area contributed by atoms with Crippen LogP contribution in [-0.2, 0) is 4.74 Å². The summed E-state index contributed by atoms with van der Waals surface area (Å²) in [7, 11) is 1.71. The van der Waals surface area contributed by atoms with E-state index in [2.05, 4.69) is 0 Å². The summed E-state index contributed by atoms with van der Waals surface area (Å²) in [6, 6.07) is 4.21. The molecule has 0 N–H and O–H groups in total. The lowest BCUT2D eigenvalue weighted by molar-refractivity contribution is -0.384. The zero-order valence-electron chi connectivity index (χ0n) is 11.0. The minimum atomic E-state index is -0.590. The largest absolute Gasteiger partial charge is 0.381 e. The van der Waals surface area contributed by atoms with E-state index in [0.29, 0.717) is 13.2 Å². The van der Waals surface area contributed by atoms with E-state index in [9.17, 15) is 14.9 Å². The number of nitro benzene ring substituents is 1. The highest BCUT2D eigenvalue weighted by atomic mass is 35.5. The summed E-state index contributed by atoms with van der Waals surface area (Å²) < 4.78 is 5.26. The molecule has 1 aromatic rings. The summed E-state index contributed by atoms with van der Waals surface area (Å²) >= 11 is 5.74. The molecule has 0 saturated carbocycles. The fourth-order valence-electron chi connectivity index (χ4n) is 2.23. The van der Waals surface area contributed by atoms with Crippen molar-refractivity contribution in [3.63, 3.8) is 0 Å². The number of amides is 1. The second-order valence-corrected chi connectivity index (χ2v) is 5.09. The van der Waals surface area contributed by atoms with Crippen LogP contribution in [-0.4, -0.2) is 42.0 Å². The molecule has 1 fully saturated rings. The van der Waals surface area contributed by atoms with Crippen LogP contribution in [0.3, 0.4) is 0 Å². The highest BCUT2D eigenvalue weighted by Crippen LogP contribution is 2.26. The molecule has 20 heavy (non-hydrogen) atoms. The normalized spacial score (nSPS) is 15.9. The molecule has 1 aromatic carbocycles. The molecule has 7 heteroatoms. The summed E-state index contributed by atoms with van der Waals surface area (Å²) in [6.07, 6.45) is 1.55. The van der Waals surface area contributed by atoms with Crippen LogP contribution in [0.15, 0.2) is 18.2 Å². The number of nitro groups is 1. The maximum Gasteiger partial charge on any atom is 0.288 e. The van der Waals surface area contributed by atoms with Crippen molar-refractivity contribution in [2.75, 3.05) is 20.3 Å². The van der Waals surface area contributed by atoms with Crippen LogP contribution < -0.4 is 0 Å². The van der Waals surface area contributed by atoms with Crippen LogP contribution in [0.25, 0.3) is 0 Å². The molecule has 0 aliphatic carbocycles. The lowest BCUT2D eigenvalue weighted by Crippen LogP contribution is -2.40. The van der Waals surface area contributed by atoms with E-state index < -0.39 is 4.92 Å². The Morgan fingerprint density at radius 3 is 2.70 bits per heavy atom. The standard InChI is InChI=1S/C13H15ClN2O4/c1-15(10-4-6-20-7-5-10)13(17)9-2-3-11(14)12(8-9)16(18)19/h2-3,8,10H,4-7H2,1H3. The van der Waals surface area contributed by atoms with Crippen LogP contribution in [0, 0.1) is 10.1 Å². The first kappa shape index (κ1) is 14.7. The van der Waals surface area contributed by atoms with Crippen LogP contribution in [0.2, 0.25) is 5.02 Å². The molecule has 0 atom stereocenters. The number of carbonyl (C=O) groups is 1. The summed E-state index contributed by atoms with van der Waals surface area (Å²) in [4.78, 5) is 24.2. The number of halogens is 1. The van der Waals surface area contributed by atoms with Gasteiger partial charge in [-0.1, -0.05) is 11.6 Å². The Labute approximate surface area is 121 Å². The third kappa shape index (κ3) is 3.08. The minimum Gasteiger partial charge on any atom is -0.381 e. The maximum absolute atomic E-state index is 12.3. The van der Waals surface area contributed by atoms with Crippen molar-refractivity contribution in [3.05, 3.63) is 38.9 Å². The van der Waals surface area contributed by atoms with Crippen molar-refractivity contribution in [1.29, 1.82) is 0 Å². The summed E-state index contributed by atoms with van der Waals surface area (Å²) in [5.41, 5.74) is 0.0213. The van der Waals surface area contributed by atoms with Gasteiger partial charge < -0.3 is 9.64 Å². The summed E-state index contributed by atoms with van der Waals surface area (Å²) in [6.45, 7) is 1.26. The predicted molar refractivity (Wildman–Crippen MR) is 74.0 cm³/mol. The summed E-state index contributed by atoms with van der Waals surface area (Å²) in [5, 5.41) is 10.9. The van der Waals surface area contributed by atoms with Gasteiger partial charge in [0.1, 0.15) is 5.02 Å². The van der Waals surface area contributed by atoms with Gasteiger partial charge >= 0.3 is 0 Å². The zero-order valence-corrected chi connectivity index (χ0v) is 11.8. The Bertz CT molecular complexity index is 529. The van der Waals surface area contributed by atoms with Crippen molar-refractivity contribution in [1.82, 2.24) is 4.90 Å². The van der Waals surface area contributed by atoms with Gasteiger partial charge in [0, 0.05) is 37.9 Å². The Morgan fingerprint density at radius 2 is 2.10 bits per heavy atom. The van der Waals surface area contributed by atoms with Crippen molar-refractivity contribution in [2.24, 2.45) is 0 Å². The van der Waals surface area contributed by atoms with E-state index in [1.807, 2.05) is 0 Å². The number of hydrogen-bond donors (Lipinski definition) is 0. The van der Waals surface area contributed by atoms with Gasteiger partial charge in [-0.15, -0.1) is 0 Å². The van der Waals surface area contributed by atoms with E-state index in [-0.39, 0.29) is 28.2 Å². The van der Waals surface area contributed by atoms with E-state index in [1.54, 1.807) is 11.9 Å². The van der Waals surface area contributed by atoms with Crippen molar-refractivity contribution >= 4 is 23.2 Å². The second-order valence-electron chi connectivity index (χ2n) is 4.68. The van der Waals surface area contributed by atoms with Crippen LogP contribution in [0.4, 0.5) is 5.69 Å². The third-order valence-electron chi connectivity index (χ3n) is 3.45. The molecule has 0 spiro atoms. The number of carbonyl (C=O) groups excluding carboxylic acids is 1. The highest BCUT2D eigenvalue weighted by Gasteiger charge is 2.25. The highest BCUT2D eigenvalue weighted by molar-refractivity contribution is 6.32. The van der Waals surface area contributed by atoms with E-state index in [1.165, 1.54) is 18.2 Å². The molecule has 1 saturated heterocycles. The topological polar surface area (TPSA) is 72.7 Å². The van der Waals surface area contributed by atoms with E-state index >= 15 is 0 Å². The van der Waals surface area contributed by atoms with Gasteiger partial charge in [0.05, 0.1) is 4.92 Å². The molecular formula is C13H15ClN2O4. The Balaban J connectivity index is 2.19. The SMILES string of the molecule is CN(C(=O)c1ccc(Cl)c([N+](=O)[O-])c1)C1CCOCC1. The molecule has 0 radical (unpaired) electrons. The third-order valence-corrected chi connectivity index (χ3v) is 3.77. The molecule has 0 unspecified atom stereocenters. The summed E-state index contributed by atoms with van der Waals surface area (Å²) in [5.74, 6) is -0.239. The van der Waals surface area contributed by atoms with Gasteiger partial charge in [0.15, 0.2) is 0 Å². The molecule has 0 bridgehead atoms. The average Bonchev–Trinajstić information content (AvgIpc) is 2.47. The molecule has 0 aromatic heterocycles. The van der Waals surface area contributed by atoms with Gasteiger partial charge in [-0.05, 0) is 25.0 Å². The lowest BCUT2D eigenvalue weighted by atomic mass is 10.1. The number of nitrogens with zero attached hydrogens (tertiary/aromatic N) is 2. The molecule has 1 amide bonds. The Kier molecular flexibility index (Phi) is 4.57. The first-order valence-corrected chi connectivity index (χ1v) is 6.67. The zero-order chi connectivity index (χ0) is 14.7. The molecule has 1 heterocycles. The fraction of sp³-hybridized carbons (Fsp3) is 0.462. The molecule has 1 aliphatic heterocycles. The minimum absolute atomic E-state index is 0.0280. The van der Waals surface area contributed by atoms with E-state index in [4.69, 9.17) is 16.3 Å². The Morgan fingerprint density at radius 1 is 1.45 bits per heavy atom. The van der Waals surface area contributed by atoms with Crippen molar-refractivity contribution < 1.29 is 14.5 Å². The van der Waals surface area contributed by atoms with Crippen molar-refractivity contribution in [2.45, 2.75) is 18.9 Å². The lowest BCUT2D eigenvalue weighted by Gasteiger charge is -2.31. The average molecular weight is 299 g/mol. The number of benzene rings is 1. The number of hydrogen-bond acceptors (Lipinski definition) is 4. The number of rotatable bonds is 3. The van der Waals surface area contributed by atoms with Gasteiger partial charge in [-0.3, -0.25) is 14.9 Å². The van der Waals surface area contributed by atoms with Crippen LogP contribution in [0.1, 0.15) is 23.2 Å². The first-order valence-electron chi connectivity index (χ1n) is 6.29. The number of ether oxygens (including phenoxy) is 1. The predicted octanol–water partition coefficient (Wildman–Crippen LogP) is 2.50. The fourth-order valence-corrected chi connectivity index (χ4v) is 2.41.